The number of hydrogen-bond donors (Lipinski definition) is 8. The van der Waals surface area contributed by atoms with Gasteiger partial charge in [0, 0.05) is 17.7 Å². The summed E-state index contributed by atoms with van der Waals surface area (Å²) in [5.41, 5.74) is -0.658. The minimum absolute atomic E-state index is 0.103. The zero-order valence-electron chi connectivity index (χ0n) is 16.9. The first-order valence-corrected chi connectivity index (χ1v) is 9.65. The van der Waals surface area contributed by atoms with Gasteiger partial charge in [-0.1, -0.05) is 0 Å². The number of carbonyl (C=O) groups is 2. The number of benzene rings is 2. The molecule has 1 aliphatic rings. The lowest BCUT2D eigenvalue weighted by Gasteiger charge is -2.39. The lowest BCUT2D eigenvalue weighted by molar-refractivity contribution is -0.277. The van der Waals surface area contributed by atoms with Crippen LogP contribution in [0.25, 0.3) is 0 Å². The van der Waals surface area contributed by atoms with Crippen LogP contribution < -0.4 is 4.74 Å². The first kappa shape index (κ1) is 24.2. The van der Waals surface area contributed by atoms with E-state index in [4.69, 9.17) is 9.47 Å². The number of ketones is 2. The van der Waals surface area contributed by atoms with Crippen molar-refractivity contribution in [2.75, 3.05) is 6.61 Å². The Morgan fingerprint density at radius 1 is 0.848 bits per heavy atom. The molecule has 1 fully saturated rings. The average Bonchev–Trinajstić information content (AvgIpc) is 2.75. The molecule has 12 heteroatoms. The van der Waals surface area contributed by atoms with E-state index >= 15 is 0 Å². The predicted molar refractivity (Wildman–Crippen MR) is 107 cm³/mol. The van der Waals surface area contributed by atoms with Crippen LogP contribution in [-0.4, -0.2) is 89.7 Å². The summed E-state index contributed by atoms with van der Waals surface area (Å²) >= 11 is 0. The van der Waals surface area contributed by atoms with Gasteiger partial charge in [-0.25, -0.2) is 0 Å². The zero-order valence-corrected chi connectivity index (χ0v) is 16.9. The molecule has 0 aliphatic carbocycles. The second-order valence-electron chi connectivity index (χ2n) is 7.38. The van der Waals surface area contributed by atoms with E-state index in [1.165, 1.54) is 6.07 Å². The number of rotatable bonds is 7. The van der Waals surface area contributed by atoms with E-state index in [1.807, 2.05) is 0 Å². The topological polar surface area (TPSA) is 214 Å². The number of carbonyl (C=O) groups excluding carboxylic acids is 2. The summed E-state index contributed by atoms with van der Waals surface area (Å²) in [5, 5.41) is 78.1. The Labute approximate surface area is 186 Å². The molecule has 0 unspecified atom stereocenters. The van der Waals surface area contributed by atoms with Crippen molar-refractivity contribution < 1.29 is 59.9 Å². The molecular formula is C21H22O12. The predicted octanol–water partition coefficient (Wildman–Crippen LogP) is -0.857. The lowest BCUT2D eigenvalue weighted by atomic mass is 9.98. The third-order valence-corrected chi connectivity index (χ3v) is 5.06. The van der Waals surface area contributed by atoms with Crippen LogP contribution in [0.2, 0.25) is 0 Å². The molecule has 0 saturated carbocycles. The fraction of sp³-hybridized carbons (Fsp3) is 0.333. The van der Waals surface area contributed by atoms with Crippen LogP contribution in [0.5, 0.6) is 28.7 Å². The maximum atomic E-state index is 12.8. The van der Waals surface area contributed by atoms with Crippen LogP contribution >= 0.6 is 0 Å². The molecule has 2 aromatic rings. The van der Waals surface area contributed by atoms with Crippen molar-refractivity contribution in [1.29, 1.82) is 0 Å². The average molecular weight is 466 g/mol. The van der Waals surface area contributed by atoms with Gasteiger partial charge in [0.1, 0.15) is 47.2 Å². The Morgan fingerprint density at radius 3 is 2.18 bits per heavy atom. The largest absolute Gasteiger partial charge is 0.508 e. The molecule has 1 heterocycles. The van der Waals surface area contributed by atoms with Gasteiger partial charge in [-0.2, -0.15) is 0 Å². The summed E-state index contributed by atoms with van der Waals surface area (Å²) in [7, 11) is 0. The van der Waals surface area contributed by atoms with Crippen LogP contribution in [0.1, 0.15) is 27.1 Å². The van der Waals surface area contributed by atoms with Crippen molar-refractivity contribution in [3.05, 3.63) is 41.5 Å². The number of ether oxygens (including phenoxy) is 2. The van der Waals surface area contributed by atoms with Crippen LogP contribution in [0.4, 0.5) is 0 Å². The van der Waals surface area contributed by atoms with E-state index < -0.39 is 89.6 Å². The number of aliphatic hydroxyl groups excluding tert-OH is 4. The summed E-state index contributed by atoms with van der Waals surface area (Å²) in [4.78, 5) is 25.3. The Balaban J connectivity index is 1.88. The Morgan fingerprint density at radius 2 is 1.55 bits per heavy atom. The summed E-state index contributed by atoms with van der Waals surface area (Å²) in [6.45, 7) is -0.740. The molecule has 178 valence electrons. The molecule has 0 radical (unpaired) electrons. The Bertz CT molecular complexity index is 1050. The molecule has 0 spiro atoms. The van der Waals surface area contributed by atoms with Crippen LogP contribution in [0.3, 0.4) is 0 Å². The van der Waals surface area contributed by atoms with Gasteiger partial charge in [0.15, 0.2) is 23.1 Å². The fourth-order valence-corrected chi connectivity index (χ4v) is 3.28. The second-order valence-corrected chi connectivity index (χ2v) is 7.38. The Kier molecular flexibility index (Phi) is 7.05. The van der Waals surface area contributed by atoms with Crippen molar-refractivity contribution >= 4 is 11.6 Å². The zero-order chi connectivity index (χ0) is 24.4. The number of aliphatic hydroxyl groups is 4. The minimum Gasteiger partial charge on any atom is -0.508 e. The lowest BCUT2D eigenvalue weighted by Crippen LogP contribution is -2.60. The number of hydrogen-bond acceptors (Lipinski definition) is 12. The minimum atomic E-state index is -1.84. The first-order valence-electron chi connectivity index (χ1n) is 9.65. The number of phenols is 4. The molecule has 8 N–H and O–H groups in total. The van der Waals surface area contributed by atoms with E-state index in [0.717, 1.165) is 24.3 Å². The summed E-state index contributed by atoms with van der Waals surface area (Å²) in [5.74, 6) is -4.61. The van der Waals surface area contributed by atoms with Gasteiger partial charge >= 0.3 is 0 Å². The van der Waals surface area contributed by atoms with Crippen LogP contribution in [-0.2, 0) is 4.74 Å². The Hall–Kier alpha value is -3.42. The quantitative estimate of drug-likeness (QED) is 0.142. The molecule has 12 nitrogen and oxygen atoms in total. The molecular weight excluding hydrogens is 444 g/mol. The SMILES string of the molecule is O=C(CC(=O)c1c(O)cc(O)cc1O[C@H]1O[C@@H](CO)[C@H](O)[C@H](O)[C@@H]1O)c1ccc(O)c(O)c1. The molecule has 0 aromatic heterocycles. The summed E-state index contributed by atoms with van der Waals surface area (Å²) < 4.78 is 10.6. The first-order chi connectivity index (χ1) is 15.5. The molecule has 3 rings (SSSR count). The molecule has 0 bridgehead atoms. The van der Waals surface area contributed by atoms with Crippen molar-refractivity contribution in [3.8, 4) is 28.7 Å². The van der Waals surface area contributed by atoms with E-state index in [2.05, 4.69) is 0 Å². The number of phenolic OH excluding ortho intramolecular Hbond substituents is 4. The van der Waals surface area contributed by atoms with E-state index in [1.54, 1.807) is 0 Å². The van der Waals surface area contributed by atoms with Crippen LogP contribution in [0, 0.1) is 0 Å². The van der Waals surface area contributed by atoms with E-state index in [0.29, 0.717) is 0 Å². The second kappa shape index (κ2) is 9.60. The van der Waals surface area contributed by atoms with Gasteiger partial charge < -0.3 is 50.3 Å². The van der Waals surface area contributed by atoms with E-state index in [-0.39, 0.29) is 5.56 Å². The van der Waals surface area contributed by atoms with Crippen molar-refractivity contribution in [3.63, 3.8) is 0 Å². The van der Waals surface area contributed by atoms with Gasteiger partial charge in [-0.05, 0) is 18.2 Å². The van der Waals surface area contributed by atoms with Gasteiger partial charge in [0.05, 0.1) is 13.0 Å². The molecule has 1 aliphatic heterocycles. The highest BCUT2D eigenvalue weighted by Crippen LogP contribution is 2.36. The number of aromatic hydroxyl groups is 4. The van der Waals surface area contributed by atoms with Crippen molar-refractivity contribution in [2.24, 2.45) is 0 Å². The highest BCUT2D eigenvalue weighted by atomic mass is 16.7. The van der Waals surface area contributed by atoms with E-state index in [9.17, 15) is 50.4 Å². The third kappa shape index (κ3) is 4.99. The maximum Gasteiger partial charge on any atom is 0.229 e. The van der Waals surface area contributed by atoms with Gasteiger partial charge in [-0.3, -0.25) is 9.59 Å². The van der Waals surface area contributed by atoms with Crippen LogP contribution in [0.15, 0.2) is 30.3 Å². The smallest absolute Gasteiger partial charge is 0.229 e. The highest BCUT2D eigenvalue weighted by molar-refractivity contribution is 6.15. The van der Waals surface area contributed by atoms with Gasteiger partial charge in [0.25, 0.3) is 0 Å². The van der Waals surface area contributed by atoms with Crippen molar-refractivity contribution in [1.82, 2.24) is 0 Å². The monoisotopic (exact) mass is 466 g/mol. The van der Waals surface area contributed by atoms with Crippen molar-refractivity contribution in [2.45, 2.75) is 37.1 Å². The highest BCUT2D eigenvalue weighted by Gasteiger charge is 2.45. The fourth-order valence-electron chi connectivity index (χ4n) is 3.28. The summed E-state index contributed by atoms with van der Waals surface area (Å²) in [6.07, 6.45) is -9.14. The normalized spacial score (nSPS) is 24.9. The molecule has 2 aromatic carbocycles. The molecule has 0 amide bonds. The van der Waals surface area contributed by atoms with Gasteiger partial charge in [-0.15, -0.1) is 0 Å². The summed E-state index contributed by atoms with van der Waals surface area (Å²) in [6, 6.07) is 4.88. The number of Topliss-reactive ketones (excluding diaryl/α,β-unsaturated/α-hetero) is 2. The third-order valence-electron chi connectivity index (χ3n) is 5.06. The molecule has 5 atom stereocenters. The molecule has 1 saturated heterocycles. The maximum absolute atomic E-state index is 12.8. The molecule has 33 heavy (non-hydrogen) atoms. The standard InChI is InChI=1S/C21H22O12/c22-7-16-18(29)19(30)20(31)21(33-16)32-15-5-9(23)4-13(27)17(15)14(28)6-11(25)8-1-2-10(24)12(26)3-8/h1-5,16,18-24,26-27,29-31H,6-7H2/t16-,18-,19-,20-,21-/m0/s1. The van der Waals surface area contributed by atoms with Gasteiger partial charge in [0.2, 0.25) is 6.29 Å².